The molecule has 1 aromatic rings. The van der Waals surface area contributed by atoms with Gasteiger partial charge in [-0.15, -0.1) is 0 Å². The third-order valence-electron chi connectivity index (χ3n) is 2.32. The molecule has 0 saturated carbocycles. The number of pyridine rings is 1. The second-order valence-corrected chi connectivity index (χ2v) is 3.49. The molecule has 1 fully saturated rings. The van der Waals surface area contributed by atoms with Crippen LogP contribution in [0.4, 0.5) is 11.5 Å². The Morgan fingerprint density at radius 3 is 2.94 bits per heavy atom. The first-order valence-electron chi connectivity index (χ1n) is 4.67. The molecule has 1 aromatic heterocycles. The molecule has 7 heteroatoms. The van der Waals surface area contributed by atoms with Crippen molar-refractivity contribution in [3.05, 3.63) is 28.4 Å². The Hall–Kier alpha value is -2.02. The average molecular weight is 223 g/mol. The Bertz CT molecular complexity index is 448. The van der Waals surface area contributed by atoms with Crippen molar-refractivity contribution >= 4 is 17.4 Å². The number of β-amino-alcohol motifs (C(OH)–C–C–N with tert-alkyl or cyclic N) is 1. The minimum absolute atomic E-state index is 0.0321. The molecule has 2 rings (SSSR count). The highest BCUT2D eigenvalue weighted by Gasteiger charge is 2.30. The van der Waals surface area contributed by atoms with Crippen molar-refractivity contribution in [1.82, 2.24) is 4.98 Å². The molecule has 1 aliphatic heterocycles. The van der Waals surface area contributed by atoms with Gasteiger partial charge in [0.25, 0.3) is 5.69 Å². The summed E-state index contributed by atoms with van der Waals surface area (Å²) >= 11 is 0. The number of rotatable bonds is 2. The zero-order valence-electron chi connectivity index (χ0n) is 8.24. The number of nitro groups is 1. The van der Waals surface area contributed by atoms with Crippen molar-refractivity contribution in [3.8, 4) is 0 Å². The highest BCUT2D eigenvalue weighted by atomic mass is 16.6. The monoisotopic (exact) mass is 223 g/mol. The van der Waals surface area contributed by atoms with Gasteiger partial charge in [-0.3, -0.25) is 19.8 Å². The average Bonchev–Trinajstić information content (AvgIpc) is 2.58. The molecule has 1 N–H and O–H groups in total. The van der Waals surface area contributed by atoms with E-state index >= 15 is 0 Å². The summed E-state index contributed by atoms with van der Waals surface area (Å²) in [6.45, 7) is 0.132. The lowest BCUT2D eigenvalue weighted by atomic mass is 10.3. The molecule has 0 radical (unpaired) electrons. The Labute approximate surface area is 90.5 Å². The van der Waals surface area contributed by atoms with Gasteiger partial charge in [0.2, 0.25) is 5.91 Å². The van der Waals surface area contributed by atoms with E-state index in [0.717, 1.165) is 0 Å². The lowest BCUT2D eigenvalue weighted by Gasteiger charge is -2.13. The lowest BCUT2D eigenvalue weighted by Crippen LogP contribution is -2.26. The number of hydrogen-bond acceptors (Lipinski definition) is 5. The zero-order valence-corrected chi connectivity index (χ0v) is 8.24. The van der Waals surface area contributed by atoms with Crippen molar-refractivity contribution < 1.29 is 14.8 Å². The number of hydrogen-bond donors (Lipinski definition) is 1. The van der Waals surface area contributed by atoms with E-state index in [4.69, 9.17) is 0 Å². The summed E-state index contributed by atoms with van der Waals surface area (Å²) < 4.78 is 0. The summed E-state index contributed by atoms with van der Waals surface area (Å²) in [5.74, 6) is -0.0729. The van der Waals surface area contributed by atoms with Gasteiger partial charge in [0.1, 0.15) is 5.82 Å². The molecule has 1 aliphatic rings. The van der Waals surface area contributed by atoms with Gasteiger partial charge >= 0.3 is 0 Å². The maximum atomic E-state index is 11.4. The van der Waals surface area contributed by atoms with Crippen LogP contribution in [0.5, 0.6) is 0 Å². The highest BCUT2D eigenvalue weighted by Crippen LogP contribution is 2.22. The normalized spacial score (nSPS) is 20.2. The van der Waals surface area contributed by atoms with Gasteiger partial charge in [0, 0.05) is 12.3 Å². The van der Waals surface area contributed by atoms with Crippen LogP contribution in [0.2, 0.25) is 0 Å². The molecule has 1 amide bonds. The van der Waals surface area contributed by atoms with Gasteiger partial charge in [-0.05, 0) is 0 Å². The Balaban J connectivity index is 2.30. The van der Waals surface area contributed by atoms with E-state index in [2.05, 4.69) is 4.98 Å². The number of nitrogens with zero attached hydrogens (tertiary/aromatic N) is 3. The largest absolute Gasteiger partial charge is 0.391 e. The zero-order chi connectivity index (χ0) is 11.7. The fourth-order valence-electron chi connectivity index (χ4n) is 1.58. The molecule has 0 aliphatic carbocycles. The van der Waals surface area contributed by atoms with E-state index in [9.17, 15) is 20.0 Å². The Morgan fingerprint density at radius 1 is 1.62 bits per heavy atom. The number of aliphatic hydroxyl groups is 1. The van der Waals surface area contributed by atoms with Gasteiger partial charge < -0.3 is 5.11 Å². The molecule has 84 valence electrons. The first kappa shape index (κ1) is 10.5. The van der Waals surface area contributed by atoms with E-state index in [1.54, 1.807) is 0 Å². The van der Waals surface area contributed by atoms with Crippen LogP contribution in [0.3, 0.4) is 0 Å². The molecular weight excluding hydrogens is 214 g/mol. The van der Waals surface area contributed by atoms with Crippen molar-refractivity contribution in [2.75, 3.05) is 11.4 Å². The SMILES string of the molecule is O=C1CC(O)CN1c1cc([N+](=O)[O-])ccn1. The minimum atomic E-state index is -0.728. The van der Waals surface area contributed by atoms with Gasteiger partial charge in [-0.2, -0.15) is 0 Å². The van der Waals surface area contributed by atoms with Gasteiger partial charge in [0.05, 0.1) is 30.1 Å². The Morgan fingerprint density at radius 2 is 2.38 bits per heavy atom. The third kappa shape index (κ3) is 1.84. The number of carbonyl (C=O) groups is 1. The molecule has 0 aromatic carbocycles. The fourth-order valence-corrected chi connectivity index (χ4v) is 1.58. The summed E-state index contributed by atoms with van der Waals surface area (Å²) in [5.41, 5.74) is -0.126. The van der Waals surface area contributed by atoms with Crippen LogP contribution in [0.25, 0.3) is 0 Å². The molecule has 2 heterocycles. The predicted molar refractivity (Wildman–Crippen MR) is 53.9 cm³/mol. The van der Waals surface area contributed by atoms with E-state index in [0.29, 0.717) is 0 Å². The third-order valence-corrected chi connectivity index (χ3v) is 2.32. The van der Waals surface area contributed by atoms with Crippen LogP contribution in [-0.4, -0.2) is 33.6 Å². The van der Waals surface area contributed by atoms with E-state index in [-0.39, 0.29) is 30.4 Å². The van der Waals surface area contributed by atoms with E-state index < -0.39 is 11.0 Å². The second kappa shape index (κ2) is 3.86. The molecule has 7 nitrogen and oxygen atoms in total. The number of aromatic nitrogens is 1. The molecular formula is C9H9N3O4. The maximum absolute atomic E-state index is 11.4. The molecule has 16 heavy (non-hydrogen) atoms. The number of anilines is 1. The van der Waals surface area contributed by atoms with Crippen LogP contribution < -0.4 is 4.90 Å². The van der Waals surface area contributed by atoms with Crippen LogP contribution in [0.15, 0.2) is 18.3 Å². The molecule has 1 unspecified atom stereocenters. The van der Waals surface area contributed by atoms with Crippen molar-refractivity contribution in [1.29, 1.82) is 0 Å². The van der Waals surface area contributed by atoms with Gasteiger partial charge in [0.15, 0.2) is 0 Å². The van der Waals surface area contributed by atoms with Gasteiger partial charge in [-0.1, -0.05) is 0 Å². The number of carbonyl (C=O) groups excluding carboxylic acids is 1. The molecule has 0 bridgehead atoms. The topological polar surface area (TPSA) is 96.6 Å². The summed E-state index contributed by atoms with van der Waals surface area (Å²) in [5, 5.41) is 19.8. The van der Waals surface area contributed by atoms with Crippen LogP contribution in [-0.2, 0) is 4.79 Å². The van der Waals surface area contributed by atoms with Crippen LogP contribution >= 0.6 is 0 Å². The molecule has 0 spiro atoms. The summed E-state index contributed by atoms with van der Waals surface area (Å²) in [4.78, 5) is 26.5. The number of amides is 1. The van der Waals surface area contributed by atoms with Crippen LogP contribution in [0, 0.1) is 10.1 Å². The number of aliphatic hydroxyl groups excluding tert-OH is 1. The summed E-state index contributed by atoms with van der Waals surface area (Å²) in [6.07, 6.45) is 0.573. The summed E-state index contributed by atoms with van der Waals surface area (Å²) in [6, 6.07) is 2.47. The second-order valence-electron chi connectivity index (χ2n) is 3.49. The summed E-state index contributed by atoms with van der Waals surface area (Å²) in [7, 11) is 0. The van der Waals surface area contributed by atoms with Crippen LogP contribution in [0.1, 0.15) is 6.42 Å². The molecule has 1 atom stereocenters. The minimum Gasteiger partial charge on any atom is -0.391 e. The lowest BCUT2D eigenvalue weighted by molar-refractivity contribution is -0.384. The standard InChI is InChI=1S/C9H9N3O4/c13-7-4-9(14)11(5-7)8-3-6(12(15)16)1-2-10-8/h1-3,7,13H,4-5H2. The fraction of sp³-hybridized carbons (Fsp3) is 0.333. The van der Waals surface area contributed by atoms with Crippen molar-refractivity contribution in [2.24, 2.45) is 0 Å². The quantitative estimate of drug-likeness (QED) is 0.566. The predicted octanol–water partition coefficient (Wildman–Crippen LogP) is 0.0874. The van der Waals surface area contributed by atoms with E-state index in [1.807, 2.05) is 0 Å². The first-order chi connectivity index (χ1) is 7.58. The van der Waals surface area contributed by atoms with Gasteiger partial charge in [-0.25, -0.2) is 4.98 Å². The highest BCUT2D eigenvalue weighted by molar-refractivity contribution is 5.95. The first-order valence-corrected chi connectivity index (χ1v) is 4.67. The maximum Gasteiger partial charge on any atom is 0.274 e. The van der Waals surface area contributed by atoms with E-state index in [1.165, 1.54) is 23.2 Å². The van der Waals surface area contributed by atoms with Crippen molar-refractivity contribution in [2.45, 2.75) is 12.5 Å². The Kier molecular flexibility index (Phi) is 2.53. The van der Waals surface area contributed by atoms with Crippen molar-refractivity contribution in [3.63, 3.8) is 0 Å². The smallest absolute Gasteiger partial charge is 0.274 e. The molecule has 1 saturated heterocycles.